The average Bonchev–Trinajstić information content (AvgIpc) is 3.04. The predicted octanol–water partition coefficient (Wildman–Crippen LogP) is 3.11. The van der Waals surface area contributed by atoms with Crippen molar-refractivity contribution in [1.82, 2.24) is 4.90 Å². The van der Waals surface area contributed by atoms with Crippen LogP contribution in [0.2, 0.25) is 0 Å². The Bertz CT molecular complexity index is 663. The number of hydrogen-bond donors (Lipinski definition) is 0. The number of carbonyl (C=O) groups excluding carboxylic acids is 2. The second-order valence-electron chi connectivity index (χ2n) is 5.28. The first-order valence-corrected chi connectivity index (χ1v) is 9.06. The summed E-state index contributed by atoms with van der Waals surface area (Å²) in [6, 6.07) is 3.00. The van der Waals surface area contributed by atoms with E-state index < -0.39 is 17.8 Å². The zero-order valence-corrected chi connectivity index (χ0v) is 16.3. The van der Waals surface area contributed by atoms with Gasteiger partial charge < -0.3 is 14.5 Å². The van der Waals surface area contributed by atoms with Gasteiger partial charge in [0.15, 0.2) is 6.04 Å². The number of hydrogen-bond acceptors (Lipinski definition) is 5. The molecule has 1 aromatic carbocycles. The largest absolute Gasteiger partial charge is 0.464 e. The van der Waals surface area contributed by atoms with Crippen molar-refractivity contribution in [3.63, 3.8) is 0 Å². The third-order valence-corrected chi connectivity index (χ3v) is 3.88. The Morgan fingerprint density at radius 3 is 2.58 bits per heavy atom. The lowest BCUT2D eigenvalue weighted by molar-refractivity contribution is -0.144. The monoisotopic (exact) mass is 365 g/mol. The summed E-state index contributed by atoms with van der Waals surface area (Å²) >= 11 is 0. The van der Waals surface area contributed by atoms with Crippen LogP contribution in [0.1, 0.15) is 45.0 Å². The second kappa shape index (κ2) is 9.89. The van der Waals surface area contributed by atoms with Crippen LogP contribution in [0.15, 0.2) is 23.2 Å². The highest BCUT2D eigenvalue weighted by atomic mass is 19.1. The van der Waals surface area contributed by atoms with Crippen LogP contribution < -0.4 is 4.90 Å². The van der Waals surface area contributed by atoms with Gasteiger partial charge in [-0.2, -0.15) is 0 Å². The minimum atomic E-state index is -0.689. The summed E-state index contributed by atoms with van der Waals surface area (Å²) in [4.78, 5) is 31.9. The Kier molecular flexibility index (Phi) is 8.22. The number of likely N-dealkylation sites (N-methyl/N-ethyl adjacent to an activating group) is 1. The second-order valence-corrected chi connectivity index (χ2v) is 5.28. The molecule has 2 atom stereocenters. The Labute approximate surface area is 154 Å². The molecule has 0 saturated heterocycles. The maximum atomic E-state index is 13.5. The number of benzene rings is 1. The third-order valence-electron chi connectivity index (χ3n) is 3.88. The van der Waals surface area contributed by atoms with E-state index in [-0.39, 0.29) is 24.1 Å². The van der Waals surface area contributed by atoms with Gasteiger partial charge in [-0.05, 0) is 25.1 Å². The van der Waals surface area contributed by atoms with Gasteiger partial charge in [0.05, 0.1) is 30.2 Å². The van der Waals surface area contributed by atoms with Crippen molar-refractivity contribution >= 4 is 23.9 Å². The van der Waals surface area contributed by atoms with Gasteiger partial charge in [0.25, 0.3) is 5.91 Å². The number of halogens is 1. The molecule has 2 heterocycles. The van der Waals surface area contributed by atoms with Crippen LogP contribution in [-0.2, 0) is 9.53 Å². The fourth-order valence-electron chi connectivity index (χ4n) is 2.83. The number of fused-ring (bicyclic) bond motifs is 3. The van der Waals surface area contributed by atoms with E-state index in [9.17, 15) is 14.0 Å². The van der Waals surface area contributed by atoms with E-state index in [2.05, 4.69) is 4.99 Å². The number of aliphatic imine (C=N–C) groups is 1. The highest BCUT2D eigenvalue weighted by molar-refractivity contribution is 6.04. The molecule has 26 heavy (non-hydrogen) atoms. The first kappa shape index (κ1) is 21.6. The molecule has 6 nitrogen and oxygen atoms in total. The van der Waals surface area contributed by atoms with Crippen LogP contribution in [0, 0.1) is 5.82 Å². The van der Waals surface area contributed by atoms with Gasteiger partial charge in [0, 0.05) is 13.6 Å². The maximum absolute atomic E-state index is 13.5. The lowest BCUT2D eigenvalue weighted by atomic mass is 10.1. The van der Waals surface area contributed by atoms with Crippen molar-refractivity contribution < 1.29 is 18.7 Å². The van der Waals surface area contributed by atoms with Crippen molar-refractivity contribution in [3.8, 4) is 0 Å². The molecule has 0 N–H and O–H groups in total. The molecule has 3 rings (SSSR count). The van der Waals surface area contributed by atoms with E-state index in [0.29, 0.717) is 12.2 Å². The normalized spacial score (nSPS) is 20.0. The van der Waals surface area contributed by atoms with E-state index >= 15 is 0 Å². The third kappa shape index (κ3) is 4.20. The number of anilines is 1. The molecule has 0 aliphatic carbocycles. The zero-order valence-electron chi connectivity index (χ0n) is 16.3. The van der Waals surface area contributed by atoms with Crippen molar-refractivity contribution in [2.75, 3.05) is 25.1 Å². The highest BCUT2D eigenvalue weighted by Gasteiger charge is 2.42. The van der Waals surface area contributed by atoms with Gasteiger partial charge >= 0.3 is 5.97 Å². The molecule has 0 radical (unpaired) electrons. The molecule has 2 unspecified atom stereocenters. The minimum absolute atomic E-state index is 0.265. The van der Waals surface area contributed by atoms with Gasteiger partial charge in [-0.3, -0.25) is 9.79 Å². The Morgan fingerprint density at radius 1 is 1.31 bits per heavy atom. The van der Waals surface area contributed by atoms with Gasteiger partial charge in [0.2, 0.25) is 0 Å². The SMILES string of the molecule is CC.CC.CCOC(=O)C1N=CN2c3ccc(F)cc3C(=O)N(C)CC12. The van der Waals surface area contributed by atoms with E-state index in [1.54, 1.807) is 18.9 Å². The number of nitrogens with zero attached hydrogens (tertiary/aromatic N) is 3. The molecule has 0 fully saturated rings. The molecule has 7 heteroatoms. The molecule has 0 saturated carbocycles. The summed E-state index contributed by atoms with van der Waals surface area (Å²) in [5, 5.41) is 0. The summed E-state index contributed by atoms with van der Waals surface area (Å²) in [6.45, 7) is 10.3. The van der Waals surface area contributed by atoms with Crippen LogP contribution in [0.3, 0.4) is 0 Å². The van der Waals surface area contributed by atoms with Gasteiger partial charge in [0.1, 0.15) is 5.82 Å². The zero-order chi connectivity index (χ0) is 19.9. The van der Waals surface area contributed by atoms with Crippen LogP contribution in [0.5, 0.6) is 0 Å². The fourth-order valence-corrected chi connectivity index (χ4v) is 2.83. The molecule has 2 aliphatic rings. The average molecular weight is 365 g/mol. The molecular weight excluding hydrogens is 337 g/mol. The summed E-state index contributed by atoms with van der Waals surface area (Å²) in [7, 11) is 1.63. The number of ether oxygens (including phenoxy) is 1. The van der Waals surface area contributed by atoms with Crippen LogP contribution in [-0.4, -0.2) is 55.4 Å². The number of rotatable bonds is 2. The van der Waals surface area contributed by atoms with Crippen molar-refractivity contribution in [2.45, 2.75) is 46.7 Å². The van der Waals surface area contributed by atoms with Crippen molar-refractivity contribution in [1.29, 1.82) is 0 Å². The van der Waals surface area contributed by atoms with E-state index in [4.69, 9.17) is 4.74 Å². The molecule has 2 aliphatic heterocycles. The summed E-state index contributed by atoms with van der Waals surface area (Å²) in [6.07, 6.45) is 1.52. The van der Waals surface area contributed by atoms with Crippen molar-refractivity contribution in [3.05, 3.63) is 29.6 Å². The topological polar surface area (TPSA) is 62.2 Å². The van der Waals surface area contributed by atoms with Gasteiger partial charge in [-0.15, -0.1) is 0 Å². The first-order valence-electron chi connectivity index (χ1n) is 9.06. The molecule has 1 aromatic rings. The van der Waals surface area contributed by atoms with E-state index in [1.807, 2.05) is 27.7 Å². The number of amides is 1. The number of carbonyl (C=O) groups is 2. The Balaban J connectivity index is 0.000000791. The Hall–Kier alpha value is -2.44. The van der Waals surface area contributed by atoms with E-state index in [1.165, 1.54) is 29.4 Å². The standard InChI is InChI=1S/C15H16FN3O3.2C2H6/c1-3-22-15(21)13-12-7-18(2)14(20)10-6-9(16)4-5-11(10)19(12)8-17-13;2*1-2/h4-6,8,12-13H,3,7H2,1-2H3;2*1-2H3. The minimum Gasteiger partial charge on any atom is -0.464 e. The molecule has 0 aromatic heterocycles. The number of esters is 1. The van der Waals surface area contributed by atoms with Crippen LogP contribution in [0.4, 0.5) is 10.1 Å². The molecule has 0 bridgehead atoms. The molecule has 144 valence electrons. The lowest BCUT2D eigenvalue weighted by Gasteiger charge is -2.27. The fraction of sp³-hybridized carbons (Fsp3) is 0.526. The van der Waals surface area contributed by atoms with Crippen molar-refractivity contribution in [2.24, 2.45) is 4.99 Å². The summed E-state index contributed by atoms with van der Waals surface area (Å²) in [5.74, 6) is -1.17. The van der Waals surface area contributed by atoms with E-state index in [0.717, 1.165) is 0 Å². The van der Waals surface area contributed by atoms with Crippen LogP contribution in [0.25, 0.3) is 0 Å². The molecule has 1 amide bonds. The maximum Gasteiger partial charge on any atom is 0.333 e. The quantitative estimate of drug-likeness (QED) is 0.756. The van der Waals surface area contributed by atoms with Gasteiger partial charge in [-0.25, -0.2) is 9.18 Å². The summed E-state index contributed by atoms with van der Waals surface area (Å²) < 4.78 is 18.5. The highest BCUT2D eigenvalue weighted by Crippen LogP contribution is 2.31. The lowest BCUT2D eigenvalue weighted by Crippen LogP contribution is -2.47. The summed E-state index contributed by atoms with van der Waals surface area (Å²) in [5.41, 5.74) is 0.817. The van der Waals surface area contributed by atoms with Crippen LogP contribution >= 0.6 is 0 Å². The smallest absolute Gasteiger partial charge is 0.333 e. The molecule has 0 spiro atoms. The molecular formula is C19H28FN3O3. The first-order chi connectivity index (χ1) is 12.5. The predicted molar refractivity (Wildman–Crippen MR) is 101 cm³/mol. The Morgan fingerprint density at radius 2 is 1.96 bits per heavy atom. The van der Waals surface area contributed by atoms with Gasteiger partial charge in [-0.1, -0.05) is 27.7 Å².